The van der Waals surface area contributed by atoms with Gasteiger partial charge in [0.1, 0.15) is 0 Å². The molecule has 0 aromatic carbocycles. The summed E-state index contributed by atoms with van der Waals surface area (Å²) in [6.45, 7) is 9.07. The minimum Gasteiger partial charge on any atom is -0.300 e. The highest BCUT2D eigenvalue weighted by Gasteiger charge is 2.16. The van der Waals surface area contributed by atoms with Crippen LogP contribution in [0.3, 0.4) is 0 Å². The van der Waals surface area contributed by atoms with Crippen molar-refractivity contribution in [3.8, 4) is 0 Å². The molecule has 0 N–H and O–H groups in total. The Hall–Kier alpha value is -0.0900. The van der Waals surface area contributed by atoms with Crippen LogP contribution in [0.5, 0.6) is 0 Å². The van der Waals surface area contributed by atoms with Crippen LogP contribution in [0, 0.1) is 0 Å². The average Bonchev–Trinajstić information content (AvgIpc) is 2.80. The van der Waals surface area contributed by atoms with E-state index in [-0.39, 0.29) is 0 Å². The Morgan fingerprint density at radius 3 is 2.35 bits per heavy atom. The summed E-state index contributed by atoms with van der Waals surface area (Å²) in [5.41, 5.74) is 0. The van der Waals surface area contributed by atoms with Crippen molar-refractivity contribution in [2.24, 2.45) is 0 Å². The number of nitrogens with zero attached hydrogens (tertiary/aromatic N) is 2. The number of alkyl halides is 1. The van der Waals surface area contributed by atoms with Crippen molar-refractivity contribution in [3.63, 3.8) is 0 Å². The molecule has 17 heavy (non-hydrogen) atoms. The number of thiophene rings is 1. The second-order valence-electron chi connectivity index (χ2n) is 4.53. The van der Waals surface area contributed by atoms with Crippen LogP contribution in [-0.2, 0) is 13.0 Å². The Bertz CT molecular complexity index is 332. The van der Waals surface area contributed by atoms with Crippen molar-refractivity contribution in [2.45, 2.75) is 19.9 Å². The number of piperazine rings is 1. The van der Waals surface area contributed by atoms with E-state index < -0.39 is 0 Å². The van der Waals surface area contributed by atoms with E-state index in [1.165, 1.54) is 35.9 Å². The van der Waals surface area contributed by atoms with Crippen LogP contribution in [-0.4, -0.2) is 48.4 Å². The molecule has 0 saturated carbocycles. The van der Waals surface area contributed by atoms with Gasteiger partial charge in [-0.15, -0.1) is 22.9 Å². The highest BCUT2D eigenvalue weighted by atomic mass is 35.5. The molecule has 0 bridgehead atoms. The molecule has 1 aromatic rings. The Morgan fingerprint density at radius 1 is 1.12 bits per heavy atom. The second-order valence-corrected chi connectivity index (χ2v) is 6.16. The molecule has 0 aliphatic carbocycles. The summed E-state index contributed by atoms with van der Waals surface area (Å²) in [6, 6.07) is 4.55. The lowest BCUT2D eigenvalue weighted by Crippen LogP contribution is -2.46. The summed E-state index contributed by atoms with van der Waals surface area (Å²) in [7, 11) is 0. The quantitative estimate of drug-likeness (QED) is 0.761. The van der Waals surface area contributed by atoms with E-state index in [0.29, 0.717) is 0 Å². The number of rotatable bonds is 5. The Morgan fingerprint density at radius 2 is 1.76 bits per heavy atom. The molecule has 2 nitrogen and oxygen atoms in total. The maximum Gasteiger partial charge on any atom is 0.0351 e. The second kappa shape index (κ2) is 6.74. The van der Waals surface area contributed by atoms with Crippen LogP contribution in [0.1, 0.15) is 16.7 Å². The van der Waals surface area contributed by atoms with Crippen LogP contribution >= 0.6 is 22.9 Å². The zero-order chi connectivity index (χ0) is 12.1. The van der Waals surface area contributed by atoms with E-state index in [9.17, 15) is 0 Å². The smallest absolute Gasteiger partial charge is 0.0351 e. The monoisotopic (exact) mass is 272 g/mol. The van der Waals surface area contributed by atoms with Gasteiger partial charge in [0, 0.05) is 54.9 Å². The van der Waals surface area contributed by atoms with Gasteiger partial charge in [0.2, 0.25) is 0 Å². The first-order valence-electron chi connectivity index (χ1n) is 6.40. The van der Waals surface area contributed by atoms with E-state index in [2.05, 4.69) is 28.9 Å². The molecular formula is C13H21ClN2S. The fourth-order valence-corrected chi connectivity index (χ4v) is 3.45. The average molecular weight is 273 g/mol. The van der Waals surface area contributed by atoms with Crippen LogP contribution < -0.4 is 0 Å². The molecule has 0 radical (unpaired) electrons. The third-order valence-electron chi connectivity index (χ3n) is 3.31. The fraction of sp³-hybridized carbons (Fsp3) is 0.692. The molecule has 0 amide bonds. The van der Waals surface area contributed by atoms with Gasteiger partial charge in [-0.3, -0.25) is 9.80 Å². The number of hydrogen-bond acceptors (Lipinski definition) is 3. The molecule has 96 valence electrons. The maximum atomic E-state index is 5.77. The summed E-state index contributed by atoms with van der Waals surface area (Å²) < 4.78 is 0. The fourth-order valence-electron chi connectivity index (χ4n) is 2.21. The molecule has 1 saturated heterocycles. The van der Waals surface area contributed by atoms with Crippen molar-refractivity contribution < 1.29 is 0 Å². The van der Waals surface area contributed by atoms with Crippen LogP contribution in [0.25, 0.3) is 0 Å². The molecule has 1 aromatic heterocycles. The Labute approximate surface area is 113 Å². The van der Waals surface area contributed by atoms with Crippen molar-refractivity contribution in [2.75, 3.05) is 38.6 Å². The Kier molecular flexibility index (Phi) is 5.29. The van der Waals surface area contributed by atoms with Crippen molar-refractivity contribution >= 4 is 22.9 Å². The highest BCUT2D eigenvalue weighted by Crippen LogP contribution is 2.19. The van der Waals surface area contributed by atoms with Gasteiger partial charge in [0.05, 0.1) is 0 Å². The van der Waals surface area contributed by atoms with Crippen molar-refractivity contribution in [1.82, 2.24) is 9.80 Å². The summed E-state index contributed by atoms with van der Waals surface area (Å²) >= 11 is 7.73. The van der Waals surface area contributed by atoms with Gasteiger partial charge < -0.3 is 0 Å². The first kappa shape index (κ1) is 13.3. The van der Waals surface area contributed by atoms with Gasteiger partial charge in [-0.2, -0.15) is 0 Å². The molecule has 2 heterocycles. The van der Waals surface area contributed by atoms with E-state index in [4.69, 9.17) is 11.6 Å². The lowest BCUT2D eigenvalue weighted by molar-refractivity contribution is 0.133. The van der Waals surface area contributed by atoms with Crippen LogP contribution in [0.4, 0.5) is 0 Å². The topological polar surface area (TPSA) is 6.48 Å². The zero-order valence-corrected chi connectivity index (χ0v) is 12.1. The van der Waals surface area contributed by atoms with Gasteiger partial charge in [0.25, 0.3) is 0 Å². The summed E-state index contributed by atoms with van der Waals surface area (Å²) in [4.78, 5) is 8.01. The lowest BCUT2D eigenvalue weighted by Gasteiger charge is -2.34. The van der Waals surface area contributed by atoms with E-state index >= 15 is 0 Å². The maximum absolute atomic E-state index is 5.77. The van der Waals surface area contributed by atoms with E-state index in [1.807, 2.05) is 11.3 Å². The van der Waals surface area contributed by atoms with Gasteiger partial charge in [0.15, 0.2) is 0 Å². The zero-order valence-electron chi connectivity index (χ0n) is 10.5. The van der Waals surface area contributed by atoms with Crippen LogP contribution in [0.15, 0.2) is 12.1 Å². The van der Waals surface area contributed by atoms with Gasteiger partial charge in [-0.1, -0.05) is 6.92 Å². The molecule has 2 rings (SSSR count). The molecule has 0 spiro atoms. The van der Waals surface area contributed by atoms with E-state index in [1.54, 1.807) is 0 Å². The predicted octanol–water partition coefficient (Wildman–Crippen LogP) is 2.67. The number of halogens is 1. The van der Waals surface area contributed by atoms with Crippen LogP contribution in [0.2, 0.25) is 0 Å². The summed E-state index contributed by atoms with van der Waals surface area (Å²) in [6.07, 6.45) is 1.16. The first-order valence-corrected chi connectivity index (χ1v) is 7.75. The molecule has 0 atom stereocenters. The minimum atomic E-state index is 0.755. The normalized spacial score (nSPS) is 18.7. The van der Waals surface area contributed by atoms with E-state index in [0.717, 1.165) is 25.4 Å². The number of aryl methyl sites for hydroxylation is 1. The Balaban J connectivity index is 1.77. The summed E-state index contributed by atoms with van der Waals surface area (Å²) in [5.74, 6) is 0.755. The predicted molar refractivity (Wildman–Crippen MR) is 76.1 cm³/mol. The number of hydrogen-bond donors (Lipinski definition) is 0. The molecule has 1 fully saturated rings. The molecule has 4 heteroatoms. The minimum absolute atomic E-state index is 0.755. The molecule has 1 aliphatic heterocycles. The largest absolute Gasteiger partial charge is 0.300 e. The van der Waals surface area contributed by atoms with Crippen molar-refractivity contribution in [3.05, 3.63) is 21.9 Å². The van der Waals surface area contributed by atoms with Gasteiger partial charge in [-0.25, -0.2) is 0 Å². The van der Waals surface area contributed by atoms with Gasteiger partial charge >= 0.3 is 0 Å². The SMILES string of the molecule is CCc1ccc(CN2CCN(CCCl)CC2)s1. The highest BCUT2D eigenvalue weighted by molar-refractivity contribution is 7.11. The lowest BCUT2D eigenvalue weighted by atomic mass is 10.3. The molecule has 1 aliphatic rings. The summed E-state index contributed by atoms with van der Waals surface area (Å²) in [5, 5.41) is 0. The third kappa shape index (κ3) is 3.95. The van der Waals surface area contributed by atoms with Gasteiger partial charge in [-0.05, 0) is 18.6 Å². The first-order chi connectivity index (χ1) is 8.31. The standard InChI is InChI=1S/C13H21ClN2S/c1-2-12-3-4-13(17-12)11-16-9-7-15(6-5-14)8-10-16/h3-4H,2,5-11H2,1H3. The van der Waals surface area contributed by atoms with Crippen molar-refractivity contribution in [1.29, 1.82) is 0 Å². The molecule has 0 unspecified atom stereocenters. The molecular weight excluding hydrogens is 252 g/mol. The third-order valence-corrected chi connectivity index (χ3v) is 4.69.